The maximum atomic E-state index is 12.5. The topological polar surface area (TPSA) is 101 Å². The summed E-state index contributed by atoms with van der Waals surface area (Å²) >= 11 is 0. The van der Waals surface area contributed by atoms with E-state index in [1.165, 1.54) is 12.8 Å². The third kappa shape index (κ3) is 7.33. The van der Waals surface area contributed by atoms with Gasteiger partial charge in [-0.2, -0.15) is 13.2 Å². The van der Waals surface area contributed by atoms with Crippen LogP contribution in [0.5, 0.6) is 0 Å². The molecular formula is C21H28F3N3O5. The summed E-state index contributed by atoms with van der Waals surface area (Å²) in [5.74, 6) is -1.96. The zero-order chi connectivity index (χ0) is 23.1. The number of carbonyl (C=O) groups excluding carboxylic acids is 1. The number of nitrogens with one attached hydrogen (secondary N) is 1. The summed E-state index contributed by atoms with van der Waals surface area (Å²) in [6.07, 6.45) is 4.32. The molecule has 1 aromatic rings. The maximum absolute atomic E-state index is 12.5. The Morgan fingerprint density at radius 2 is 1.97 bits per heavy atom. The Hall–Kier alpha value is -2.40. The highest BCUT2D eigenvalue weighted by atomic mass is 19.4. The van der Waals surface area contributed by atoms with E-state index in [1.54, 1.807) is 12.4 Å². The number of pyridine rings is 1. The Kier molecular flexibility index (Phi) is 8.30. The van der Waals surface area contributed by atoms with Crippen LogP contribution in [0.3, 0.4) is 0 Å². The van der Waals surface area contributed by atoms with Gasteiger partial charge in [-0.15, -0.1) is 0 Å². The molecule has 0 unspecified atom stereocenters. The van der Waals surface area contributed by atoms with Gasteiger partial charge in [-0.05, 0) is 49.7 Å². The fourth-order valence-corrected chi connectivity index (χ4v) is 3.80. The van der Waals surface area contributed by atoms with Crippen molar-refractivity contribution in [1.29, 1.82) is 0 Å². The molecule has 0 spiro atoms. The number of fused-ring (bicyclic) bond motifs is 1. The molecule has 3 heterocycles. The van der Waals surface area contributed by atoms with E-state index < -0.39 is 12.1 Å². The lowest BCUT2D eigenvalue weighted by Crippen LogP contribution is -2.49. The molecule has 1 aliphatic carbocycles. The van der Waals surface area contributed by atoms with E-state index >= 15 is 0 Å². The minimum atomic E-state index is -5.08. The molecule has 3 fully saturated rings. The Labute approximate surface area is 184 Å². The fourth-order valence-electron chi connectivity index (χ4n) is 3.80. The molecule has 2 aliphatic heterocycles. The first-order valence-electron chi connectivity index (χ1n) is 10.7. The van der Waals surface area contributed by atoms with E-state index in [4.69, 9.17) is 19.4 Å². The van der Waals surface area contributed by atoms with Gasteiger partial charge in [-0.25, -0.2) is 9.59 Å². The Morgan fingerprint density at radius 1 is 1.22 bits per heavy atom. The summed E-state index contributed by atoms with van der Waals surface area (Å²) in [6, 6.07) is 4.06. The summed E-state index contributed by atoms with van der Waals surface area (Å²) < 4.78 is 43.7. The van der Waals surface area contributed by atoms with Crippen molar-refractivity contribution in [1.82, 2.24) is 15.2 Å². The van der Waals surface area contributed by atoms with Gasteiger partial charge in [0.2, 0.25) is 0 Å². The Morgan fingerprint density at radius 3 is 2.59 bits per heavy atom. The minimum absolute atomic E-state index is 0.00314. The van der Waals surface area contributed by atoms with Gasteiger partial charge in [0.25, 0.3) is 0 Å². The molecule has 2 N–H and O–H groups in total. The first-order valence-corrected chi connectivity index (χ1v) is 10.7. The average molecular weight is 459 g/mol. The van der Waals surface area contributed by atoms with Gasteiger partial charge < -0.3 is 24.8 Å². The third-order valence-electron chi connectivity index (χ3n) is 5.66. The van der Waals surface area contributed by atoms with Crippen LogP contribution < -0.4 is 5.32 Å². The van der Waals surface area contributed by atoms with Gasteiger partial charge in [0.15, 0.2) is 0 Å². The van der Waals surface area contributed by atoms with Crippen molar-refractivity contribution in [3.8, 4) is 0 Å². The second-order valence-electron chi connectivity index (χ2n) is 8.23. The van der Waals surface area contributed by atoms with Gasteiger partial charge in [0.1, 0.15) is 0 Å². The molecule has 11 heteroatoms. The number of halogens is 3. The highest BCUT2D eigenvalue weighted by molar-refractivity contribution is 5.75. The zero-order valence-corrected chi connectivity index (χ0v) is 17.6. The number of nitrogens with zero attached hydrogens (tertiary/aromatic N) is 2. The molecule has 0 bridgehead atoms. The fraction of sp³-hybridized carbons (Fsp3) is 0.667. The number of rotatable bonds is 6. The molecule has 2 amide bonds. The normalized spacial score (nSPS) is 24.8. The van der Waals surface area contributed by atoms with Crippen LogP contribution in [0.25, 0.3) is 0 Å². The molecule has 8 nitrogen and oxygen atoms in total. The Balaban J connectivity index is 0.000000360. The highest BCUT2D eigenvalue weighted by Gasteiger charge is 2.42. The number of aromatic nitrogens is 1. The van der Waals surface area contributed by atoms with Gasteiger partial charge in [0.05, 0.1) is 24.9 Å². The molecule has 3 aliphatic rings. The number of carboxylic acid groups (broad SMARTS) is 1. The van der Waals surface area contributed by atoms with Gasteiger partial charge >= 0.3 is 18.2 Å². The lowest BCUT2D eigenvalue weighted by atomic mass is 9.99. The lowest BCUT2D eigenvalue weighted by Gasteiger charge is -2.35. The van der Waals surface area contributed by atoms with Crippen LogP contribution >= 0.6 is 0 Å². The van der Waals surface area contributed by atoms with Gasteiger partial charge in [-0.1, -0.05) is 6.07 Å². The first-order chi connectivity index (χ1) is 15.2. The van der Waals surface area contributed by atoms with Crippen molar-refractivity contribution in [3.05, 3.63) is 30.1 Å². The number of urea groups is 1. The van der Waals surface area contributed by atoms with Crippen molar-refractivity contribution in [3.63, 3.8) is 0 Å². The number of likely N-dealkylation sites (tertiary alicyclic amines) is 1. The van der Waals surface area contributed by atoms with Crippen molar-refractivity contribution in [2.75, 3.05) is 19.8 Å². The van der Waals surface area contributed by atoms with Crippen LogP contribution in [0.4, 0.5) is 18.0 Å². The van der Waals surface area contributed by atoms with Gasteiger partial charge in [-0.3, -0.25) is 4.98 Å². The van der Waals surface area contributed by atoms with E-state index in [-0.39, 0.29) is 24.3 Å². The minimum Gasteiger partial charge on any atom is -0.475 e. The van der Waals surface area contributed by atoms with E-state index in [0.717, 1.165) is 43.9 Å². The molecule has 0 radical (unpaired) electrons. The molecule has 4 rings (SSSR count). The molecule has 32 heavy (non-hydrogen) atoms. The van der Waals surface area contributed by atoms with Crippen molar-refractivity contribution >= 4 is 12.0 Å². The molecule has 0 aromatic carbocycles. The largest absolute Gasteiger partial charge is 0.490 e. The van der Waals surface area contributed by atoms with Crippen LogP contribution in [-0.2, 0) is 20.8 Å². The number of hydrogen-bond donors (Lipinski definition) is 2. The predicted octanol–water partition coefficient (Wildman–Crippen LogP) is 2.97. The summed E-state index contributed by atoms with van der Waals surface area (Å²) in [6.45, 7) is 2.87. The van der Waals surface area contributed by atoms with Crippen LogP contribution in [0.2, 0.25) is 0 Å². The number of amides is 2. The monoisotopic (exact) mass is 459 g/mol. The second-order valence-corrected chi connectivity index (χ2v) is 8.23. The molecular weight excluding hydrogens is 431 g/mol. The van der Waals surface area contributed by atoms with Crippen molar-refractivity contribution in [2.45, 2.75) is 63.1 Å². The summed E-state index contributed by atoms with van der Waals surface area (Å²) in [4.78, 5) is 27.4. The number of carboxylic acids is 1. The zero-order valence-electron chi connectivity index (χ0n) is 17.6. The quantitative estimate of drug-likeness (QED) is 0.679. The third-order valence-corrected chi connectivity index (χ3v) is 5.66. The lowest BCUT2D eigenvalue weighted by molar-refractivity contribution is -0.192. The maximum Gasteiger partial charge on any atom is 0.490 e. The van der Waals surface area contributed by atoms with Crippen LogP contribution in [0.15, 0.2) is 24.5 Å². The standard InChI is InChI=1S/C19H27N3O3.C2HF3O2/c23-19(21-11-15-2-1-8-20-10-15)22-9-7-18-17(22)6-5-16(25-18)13-24-12-14-3-4-14;3-2(4,5)1(6)7/h1-2,8,10,14,16-18H,3-7,9,11-13H2,(H,21,23);(H,6,7)/t16-,17+,18+;/m1./s1. The van der Waals surface area contributed by atoms with E-state index in [2.05, 4.69) is 10.3 Å². The summed E-state index contributed by atoms with van der Waals surface area (Å²) in [5.41, 5.74) is 1.01. The van der Waals surface area contributed by atoms with E-state index in [1.807, 2.05) is 17.0 Å². The average Bonchev–Trinajstić information content (AvgIpc) is 3.49. The summed E-state index contributed by atoms with van der Waals surface area (Å²) in [5, 5.41) is 10.1. The molecule has 1 saturated carbocycles. The highest BCUT2D eigenvalue weighted by Crippen LogP contribution is 2.32. The summed E-state index contributed by atoms with van der Waals surface area (Å²) in [7, 11) is 0. The predicted molar refractivity (Wildman–Crippen MR) is 107 cm³/mol. The van der Waals surface area contributed by atoms with Crippen LogP contribution in [0.1, 0.15) is 37.7 Å². The molecule has 2 saturated heterocycles. The van der Waals surface area contributed by atoms with Crippen molar-refractivity contribution in [2.24, 2.45) is 5.92 Å². The number of ether oxygens (including phenoxy) is 2. The van der Waals surface area contributed by atoms with Gasteiger partial charge in [0, 0.05) is 32.1 Å². The molecule has 3 atom stereocenters. The van der Waals surface area contributed by atoms with Crippen LogP contribution in [0, 0.1) is 5.92 Å². The van der Waals surface area contributed by atoms with Crippen molar-refractivity contribution < 1.29 is 37.3 Å². The van der Waals surface area contributed by atoms with E-state index in [9.17, 15) is 18.0 Å². The number of carbonyl (C=O) groups is 2. The smallest absolute Gasteiger partial charge is 0.475 e. The van der Waals surface area contributed by atoms with E-state index in [0.29, 0.717) is 13.2 Å². The van der Waals surface area contributed by atoms with Crippen LogP contribution in [-0.4, -0.2) is 71.2 Å². The SMILES string of the molecule is O=C(NCc1cccnc1)N1CC[C@@H]2O[C@@H](COCC3CC3)CC[C@@H]21.O=C(O)C(F)(F)F. The number of alkyl halides is 3. The molecule has 178 valence electrons. The molecule has 1 aromatic heterocycles. The number of hydrogen-bond acceptors (Lipinski definition) is 5. The number of aliphatic carboxylic acids is 1. The second kappa shape index (κ2) is 11.0. The Bertz CT molecular complexity index is 761. The first kappa shape index (κ1) is 24.2.